The number of hydrogen-bond donors (Lipinski definition) is 1. The normalized spacial score (nSPS) is 14.0. The summed E-state index contributed by atoms with van der Waals surface area (Å²) in [4.78, 5) is 3.32. The molecule has 142 valence electrons. The van der Waals surface area contributed by atoms with Gasteiger partial charge in [0.1, 0.15) is 5.82 Å². The van der Waals surface area contributed by atoms with Crippen LogP contribution in [0.4, 0.5) is 23.2 Å². The van der Waals surface area contributed by atoms with Gasteiger partial charge in [0.15, 0.2) is 7.29 Å². The summed E-state index contributed by atoms with van der Waals surface area (Å²) in [6.07, 6.45) is -4.50. The molecule has 27 heavy (non-hydrogen) atoms. The lowest BCUT2D eigenvalue weighted by atomic mass is 10.1. The first-order valence-corrected chi connectivity index (χ1v) is 10.1. The molecule has 10 heteroatoms. The average molecular weight is 399 g/mol. The van der Waals surface area contributed by atoms with Crippen molar-refractivity contribution >= 4 is 13.0 Å². The molecule has 0 radical (unpaired) electrons. The molecule has 0 aliphatic heterocycles. The lowest BCUT2D eigenvalue weighted by Gasteiger charge is -2.16. The van der Waals surface area contributed by atoms with Crippen molar-refractivity contribution in [2.24, 2.45) is 0 Å². The van der Waals surface area contributed by atoms with Gasteiger partial charge in [0, 0.05) is 24.1 Å². The topological polar surface area (TPSA) is 68.0 Å². The molecule has 1 aromatic heterocycles. The molecule has 1 N–H and O–H groups in total. The monoisotopic (exact) mass is 399 g/mol. The molecule has 2 aromatic carbocycles. The van der Waals surface area contributed by atoms with Crippen molar-refractivity contribution in [3.8, 4) is 11.4 Å². The minimum Gasteiger partial charge on any atom is -0.336 e. The van der Waals surface area contributed by atoms with E-state index in [9.17, 15) is 22.1 Å². The van der Waals surface area contributed by atoms with Crippen LogP contribution in [0.5, 0.6) is 0 Å². The van der Waals surface area contributed by atoms with Gasteiger partial charge in [-0.15, -0.1) is 0 Å². The molecular weight excluding hydrogens is 385 g/mol. The summed E-state index contributed by atoms with van der Waals surface area (Å²) in [5.74, 6) is -1.99. The number of rotatable bonds is 5. The summed E-state index contributed by atoms with van der Waals surface area (Å²) in [5.41, 5.74) is 1.58. The van der Waals surface area contributed by atoms with Crippen LogP contribution in [-0.4, -0.2) is 16.8 Å². The van der Waals surface area contributed by atoms with Gasteiger partial charge in [-0.25, -0.2) is 4.39 Å². The summed E-state index contributed by atoms with van der Waals surface area (Å²) in [6.45, 7) is 1.55. The Morgan fingerprint density at radius 1 is 1.07 bits per heavy atom. The van der Waals surface area contributed by atoms with Gasteiger partial charge in [-0.3, -0.25) is 0 Å². The highest BCUT2D eigenvalue weighted by Gasteiger charge is 2.38. The van der Waals surface area contributed by atoms with Crippen molar-refractivity contribution < 1.29 is 26.6 Å². The molecule has 0 aliphatic rings. The lowest BCUT2D eigenvalue weighted by molar-refractivity contribution is -0.159. The molecule has 0 saturated heterocycles. The summed E-state index contributed by atoms with van der Waals surface area (Å²) >= 11 is 0. The van der Waals surface area contributed by atoms with Crippen LogP contribution < -0.4 is 5.09 Å². The number of hydrogen-bond acceptors (Lipinski definition) is 4. The van der Waals surface area contributed by atoms with Gasteiger partial charge in [-0.1, -0.05) is 29.4 Å². The van der Waals surface area contributed by atoms with Crippen LogP contribution in [0.1, 0.15) is 11.5 Å². The quantitative estimate of drug-likeness (QED) is 0.459. The fraction of sp³-hybridized carbons (Fsp3) is 0.176. The fourth-order valence-electron chi connectivity index (χ4n) is 2.40. The number of benzene rings is 2. The average Bonchev–Trinajstić information content (AvgIpc) is 3.07. The van der Waals surface area contributed by atoms with Crippen LogP contribution in [0.25, 0.3) is 11.4 Å². The molecule has 0 fully saturated rings. The van der Waals surface area contributed by atoms with Crippen LogP contribution in [-0.2, 0) is 16.9 Å². The number of anilines is 1. The molecule has 0 bridgehead atoms. The van der Waals surface area contributed by atoms with Crippen LogP contribution in [0.15, 0.2) is 53.1 Å². The third kappa shape index (κ3) is 4.95. The third-order valence-corrected chi connectivity index (χ3v) is 5.27. The van der Waals surface area contributed by atoms with E-state index in [0.717, 1.165) is 0 Å². The summed E-state index contributed by atoms with van der Waals surface area (Å²) in [6, 6.07) is 11.8. The molecule has 1 unspecified atom stereocenters. The molecule has 0 amide bonds. The van der Waals surface area contributed by atoms with Gasteiger partial charge >= 0.3 is 12.1 Å². The highest BCUT2D eigenvalue weighted by Crippen LogP contribution is 2.45. The van der Waals surface area contributed by atoms with Crippen molar-refractivity contribution in [2.75, 3.05) is 11.8 Å². The Morgan fingerprint density at radius 2 is 1.70 bits per heavy atom. The molecule has 3 rings (SSSR count). The van der Waals surface area contributed by atoms with Crippen molar-refractivity contribution in [1.82, 2.24) is 10.1 Å². The van der Waals surface area contributed by atoms with E-state index in [1.165, 1.54) is 36.4 Å². The number of nitrogens with zero attached hydrogens (tertiary/aromatic N) is 2. The Balaban J connectivity index is 1.70. The van der Waals surface area contributed by atoms with E-state index >= 15 is 0 Å². The van der Waals surface area contributed by atoms with Crippen molar-refractivity contribution in [3.63, 3.8) is 0 Å². The maximum atomic E-state index is 12.9. The Hall–Kier alpha value is -2.67. The van der Waals surface area contributed by atoms with Crippen LogP contribution in [0.2, 0.25) is 0 Å². The molecule has 0 aliphatic carbocycles. The highest BCUT2D eigenvalue weighted by molar-refractivity contribution is 7.63. The first-order chi connectivity index (χ1) is 12.6. The van der Waals surface area contributed by atoms with Gasteiger partial charge in [-0.2, -0.15) is 18.2 Å². The van der Waals surface area contributed by atoms with E-state index in [1.807, 2.05) is 0 Å². The third-order valence-electron chi connectivity index (χ3n) is 3.57. The maximum absolute atomic E-state index is 12.9. The van der Waals surface area contributed by atoms with E-state index in [0.29, 0.717) is 16.8 Å². The second-order valence-corrected chi connectivity index (χ2v) is 8.74. The van der Waals surface area contributed by atoms with Crippen LogP contribution in [0, 0.1) is 5.82 Å². The summed E-state index contributed by atoms with van der Waals surface area (Å²) < 4.78 is 67.4. The zero-order chi connectivity index (χ0) is 19.7. The number of aromatic nitrogens is 2. The minimum atomic E-state index is -4.70. The first-order valence-electron chi connectivity index (χ1n) is 7.73. The zero-order valence-corrected chi connectivity index (χ0v) is 14.9. The Bertz CT molecular complexity index is 969. The van der Waals surface area contributed by atoms with Crippen molar-refractivity contribution in [1.29, 1.82) is 0 Å². The predicted octanol–water partition coefficient (Wildman–Crippen LogP) is 5.41. The Morgan fingerprint density at radius 3 is 2.26 bits per heavy atom. The highest BCUT2D eigenvalue weighted by atomic mass is 31.2. The fourth-order valence-corrected chi connectivity index (χ4v) is 4.08. The number of nitrogens with one attached hydrogen (secondary N) is 1. The van der Waals surface area contributed by atoms with E-state index < -0.39 is 25.2 Å². The molecule has 1 heterocycles. The first kappa shape index (κ1) is 19.1. The van der Waals surface area contributed by atoms with E-state index in [2.05, 4.69) is 19.8 Å². The van der Waals surface area contributed by atoms with Gasteiger partial charge in [0.2, 0.25) is 5.82 Å². The Kier molecular flexibility index (Phi) is 5.06. The molecule has 0 spiro atoms. The largest absolute Gasteiger partial charge is 0.471 e. The summed E-state index contributed by atoms with van der Waals surface area (Å²) in [5, 5.41) is 6.20. The van der Waals surface area contributed by atoms with Gasteiger partial charge < -0.3 is 14.2 Å². The second kappa shape index (κ2) is 7.15. The molecule has 5 nitrogen and oxygen atoms in total. The number of alkyl halides is 3. The van der Waals surface area contributed by atoms with E-state index in [-0.39, 0.29) is 12.0 Å². The molecule has 0 saturated carbocycles. The predicted molar refractivity (Wildman–Crippen MR) is 92.0 cm³/mol. The van der Waals surface area contributed by atoms with Crippen LogP contribution >= 0.6 is 7.29 Å². The summed E-state index contributed by atoms with van der Waals surface area (Å²) in [7, 11) is -2.83. The molecule has 3 aromatic rings. The Labute approximate surface area is 151 Å². The SMILES string of the molecule is CP(=O)(Cc1ccc(-c2noc(C(F)(F)F)n2)cc1)Nc1ccc(F)cc1. The van der Waals surface area contributed by atoms with Crippen molar-refractivity contribution in [2.45, 2.75) is 12.3 Å². The van der Waals surface area contributed by atoms with E-state index in [1.54, 1.807) is 18.8 Å². The van der Waals surface area contributed by atoms with Gasteiger partial charge in [0.25, 0.3) is 0 Å². The molecule has 1 atom stereocenters. The molecular formula is C17H14F4N3O2P. The number of halogens is 4. The standard InChI is InChI=1S/C17H14F4N3O2P/c1-27(25,24-14-8-6-13(18)7-9-14)10-11-2-4-12(5-3-11)15-22-16(26-23-15)17(19,20)21/h2-9H,10H2,1H3,(H,24,25). The van der Waals surface area contributed by atoms with Gasteiger partial charge in [0.05, 0.1) is 0 Å². The van der Waals surface area contributed by atoms with E-state index in [4.69, 9.17) is 0 Å². The van der Waals surface area contributed by atoms with Crippen LogP contribution in [0.3, 0.4) is 0 Å². The second-order valence-electron chi connectivity index (χ2n) is 6.00. The smallest absolute Gasteiger partial charge is 0.336 e. The maximum Gasteiger partial charge on any atom is 0.471 e. The van der Waals surface area contributed by atoms with Crippen molar-refractivity contribution in [3.05, 3.63) is 65.8 Å². The lowest BCUT2D eigenvalue weighted by Crippen LogP contribution is -2.04. The zero-order valence-electron chi connectivity index (χ0n) is 14.0. The van der Waals surface area contributed by atoms with Gasteiger partial charge in [-0.05, 0) is 29.8 Å². The minimum absolute atomic E-state index is 0.182.